The minimum absolute atomic E-state index is 0.498. The summed E-state index contributed by atoms with van der Waals surface area (Å²) < 4.78 is 1.06. The summed E-state index contributed by atoms with van der Waals surface area (Å²) in [7, 11) is 0. The minimum Gasteiger partial charge on any atom is -0.326 e. The van der Waals surface area contributed by atoms with Crippen LogP contribution < -0.4 is 5.73 Å². The normalized spacial score (nSPS) is 10.6. The molecular weight excluding hydrogens is 254 g/mol. The average Bonchev–Trinajstić information content (AvgIpc) is 2.69. The Hall–Kier alpha value is -1.13. The van der Waals surface area contributed by atoms with Crippen molar-refractivity contribution < 1.29 is 0 Å². The van der Waals surface area contributed by atoms with Crippen LogP contribution in [0.1, 0.15) is 11.1 Å². The fraction of sp³-hybridized carbons (Fsp3) is 0.182. The summed E-state index contributed by atoms with van der Waals surface area (Å²) in [6.07, 6.45) is 1.77. The Balaban J connectivity index is 2.58. The van der Waals surface area contributed by atoms with Gasteiger partial charge in [0.25, 0.3) is 0 Å². The molecule has 0 amide bonds. The Kier molecular flexibility index (Phi) is 2.88. The number of hydrogen-bond acceptors (Lipinski definition) is 2. The molecule has 4 heteroatoms. The molecule has 0 saturated carbocycles. The molecule has 2 rings (SSSR count). The zero-order valence-electron chi connectivity index (χ0n) is 8.42. The van der Waals surface area contributed by atoms with Crippen molar-refractivity contribution >= 4 is 15.9 Å². The third-order valence-electron chi connectivity index (χ3n) is 2.41. The quantitative estimate of drug-likeness (QED) is 0.877. The molecular formula is C11H12BrN3. The van der Waals surface area contributed by atoms with E-state index in [-0.39, 0.29) is 0 Å². The predicted molar refractivity (Wildman–Crippen MR) is 64.4 cm³/mol. The second kappa shape index (κ2) is 4.16. The summed E-state index contributed by atoms with van der Waals surface area (Å²) in [6.45, 7) is 2.57. The minimum atomic E-state index is 0.498. The summed E-state index contributed by atoms with van der Waals surface area (Å²) in [5.74, 6) is 0. The van der Waals surface area contributed by atoms with E-state index in [1.54, 1.807) is 6.20 Å². The molecule has 0 fully saturated rings. The molecule has 0 atom stereocenters. The van der Waals surface area contributed by atoms with Gasteiger partial charge in [0, 0.05) is 22.1 Å². The van der Waals surface area contributed by atoms with Crippen LogP contribution in [0.25, 0.3) is 11.3 Å². The number of benzene rings is 1. The standard InChI is InChI=1S/C11H12BrN3/c1-7-2-3-9(12)4-10(7)11-8(5-13)6-14-15-11/h2-4,6H,5,13H2,1H3,(H,14,15). The first-order valence-electron chi connectivity index (χ1n) is 4.71. The lowest BCUT2D eigenvalue weighted by Crippen LogP contribution is -1.97. The van der Waals surface area contributed by atoms with E-state index in [1.165, 1.54) is 5.56 Å². The van der Waals surface area contributed by atoms with Gasteiger partial charge in [-0.3, -0.25) is 5.10 Å². The lowest BCUT2D eigenvalue weighted by atomic mass is 10.0. The van der Waals surface area contributed by atoms with Crippen molar-refractivity contribution in [2.45, 2.75) is 13.5 Å². The van der Waals surface area contributed by atoms with Crippen LogP contribution in [0.3, 0.4) is 0 Å². The molecule has 0 bridgehead atoms. The van der Waals surface area contributed by atoms with E-state index in [2.05, 4.69) is 45.2 Å². The fourth-order valence-corrected chi connectivity index (χ4v) is 1.92. The molecule has 1 aromatic heterocycles. The summed E-state index contributed by atoms with van der Waals surface area (Å²) in [5, 5.41) is 7.01. The Bertz CT molecular complexity index is 476. The maximum atomic E-state index is 5.65. The molecule has 78 valence electrons. The molecule has 0 spiro atoms. The molecule has 1 aromatic carbocycles. The second-order valence-corrected chi connectivity index (χ2v) is 4.35. The number of nitrogens with two attached hydrogens (primary N) is 1. The molecule has 0 aliphatic rings. The Morgan fingerprint density at radius 3 is 3.00 bits per heavy atom. The molecule has 0 radical (unpaired) electrons. The van der Waals surface area contributed by atoms with Crippen LogP contribution in [-0.4, -0.2) is 10.2 Å². The van der Waals surface area contributed by atoms with Gasteiger partial charge in [-0.15, -0.1) is 0 Å². The fourth-order valence-electron chi connectivity index (χ4n) is 1.56. The SMILES string of the molecule is Cc1ccc(Br)cc1-c1[nH]ncc1CN. The van der Waals surface area contributed by atoms with Crippen molar-refractivity contribution in [3.63, 3.8) is 0 Å². The number of aromatic nitrogens is 2. The van der Waals surface area contributed by atoms with E-state index in [1.807, 2.05) is 6.07 Å². The zero-order valence-corrected chi connectivity index (χ0v) is 10.0. The van der Waals surface area contributed by atoms with Crippen LogP contribution >= 0.6 is 15.9 Å². The maximum Gasteiger partial charge on any atom is 0.0698 e. The molecule has 3 N–H and O–H groups in total. The lowest BCUT2D eigenvalue weighted by molar-refractivity contribution is 1.08. The van der Waals surface area contributed by atoms with Gasteiger partial charge in [0.15, 0.2) is 0 Å². The van der Waals surface area contributed by atoms with E-state index < -0.39 is 0 Å². The number of rotatable bonds is 2. The van der Waals surface area contributed by atoms with E-state index in [4.69, 9.17) is 5.73 Å². The first-order valence-corrected chi connectivity index (χ1v) is 5.50. The van der Waals surface area contributed by atoms with Crippen molar-refractivity contribution in [1.29, 1.82) is 0 Å². The molecule has 3 nitrogen and oxygen atoms in total. The van der Waals surface area contributed by atoms with Crippen LogP contribution in [0.4, 0.5) is 0 Å². The Morgan fingerprint density at radius 2 is 2.27 bits per heavy atom. The van der Waals surface area contributed by atoms with Crippen molar-refractivity contribution in [2.24, 2.45) is 5.73 Å². The van der Waals surface area contributed by atoms with Gasteiger partial charge in [-0.05, 0) is 24.6 Å². The number of nitrogens with zero attached hydrogens (tertiary/aromatic N) is 1. The maximum absolute atomic E-state index is 5.65. The van der Waals surface area contributed by atoms with Gasteiger partial charge < -0.3 is 5.73 Å². The van der Waals surface area contributed by atoms with Crippen molar-refractivity contribution in [3.05, 3.63) is 40.0 Å². The number of aromatic amines is 1. The second-order valence-electron chi connectivity index (χ2n) is 3.43. The molecule has 2 aromatic rings. The van der Waals surface area contributed by atoms with Gasteiger partial charge in [-0.25, -0.2) is 0 Å². The van der Waals surface area contributed by atoms with Crippen LogP contribution in [0.5, 0.6) is 0 Å². The topological polar surface area (TPSA) is 54.7 Å². The number of aryl methyl sites for hydroxylation is 1. The lowest BCUT2D eigenvalue weighted by Gasteiger charge is -2.06. The highest BCUT2D eigenvalue weighted by Crippen LogP contribution is 2.27. The zero-order chi connectivity index (χ0) is 10.8. The predicted octanol–water partition coefficient (Wildman–Crippen LogP) is 2.61. The third kappa shape index (κ3) is 1.96. The van der Waals surface area contributed by atoms with Gasteiger partial charge in [0.2, 0.25) is 0 Å². The number of halogens is 1. The number of hydrogen-bond donors (Lipinski definition) is 2. The van der Waals surface area contributed by atoms with E-state index >= 15 is 0 Å². The molecule has 1 heterocycles. The summed E-state index contributed by atoms with van der Waals surface area (Å²) in [6, 6.07) is 6.17. The van der Waals surface area contributed by atoms with Gasteiger partial charge in [-0.1, -0.05) is 22.0 Å². The van der Waals surface area contributed by atoms with Crippen molar-refractivity contribution in [3.8, 4) is 11.3 Å². The summed E-state index contributed by atoms with van der Waals surface area (Å²) in [5.41, 5.74) is 10.0. The molecule has 0 saturated heterocycles. The molecule has 15 heavy (non-hydrogen) atoms. The monoisotopic (exact) mass is 265 g/mol. The van der Waals surface area contributed by atoms with E-state index in [0.29, 0.717) is 6.54 Å². The number of nitrogens with one attached hydrogen (secondary N) is 1. The van der Waals surface area contributed by atoms with Crippen LogP contribution in [-0.2, 0) is 6.54 Å². The Labute approximate surface area is 96.8 Å². The molecule has 0 unspecified atom stereocenters. The van der Waals surface area contributed by atoms with Crippen LogP contribution in [0.2, 0.25) is 0 Å². The van der Waals surface area contributed by atoms with Gasteiger partial charge >= 0.3 is 0 Å². The highest BCUT2D eigenvalue weighted by molar-refractivity contribution is 9.10. The van der Waals surface area contributed by atoms with E-state index in [0.717, 1.165) is 21.3 Å². The van der Waals surface area contributed by atoms with Crippen molar-refractivity contribution in [1.82, 2.24) is 10.2 Å². The summed E-state index contributed by atoms with van der Waals surface area (Å²) >= 11 is 3.46. The van der Waals surface area contributed by atoms with Gasteiger partial charge in [0.1, 0.15) is 0 Å². The van der Waals surface area contributed by atoms with E-state index in [9.17, 15) is 0 Å². The first-order chi connectivity index (χ1) is 7.22. The third-order valence-corrected chi connectivity index (χ3v) is 2.90. The van der Waals surface area contributed by atoms with Gasteiger partial charge in [0.05, 0.1) is 11.9 Å². The smallest absolute Gasteiger partial charge is 0.0698 e. The highest BCUT2D eigenvalue weighted by Gasteiger charge is 2.08. The largest absolute Gasteiger partial charge is 0.326 e. The summed E-state index contributed by atoms with van der Waals surface area (Å²) in [4.78, 5) is 0. The van der Waals surface area contributed by atoms with Crippen LogP contribution in [0, 0.1) is 6.92 Å². The first kappa shape index (κ1) is 10.4. The highest BCUT2D eigenvalue weighted by atomic mass is 79.9. The van der Waals surface area contributed by atoms with Gasteiger partial charge in [-0.2, -0.15) is 5.10 Å². The average molecular weight is 266 g/mol. The molecule has 0 aliphatic heterocycles. The Morgan fingerprint density at radius 1 is 1.47 bits per heavy atom. The van der Waals surface area contributed by atoms with Crippen molar-refractivity contribution in [2.75, 3.05) is 0 Å². The molecule has 0 aliphatic carbocycles. The van der Waals surface area contributed by atoms with Crippen LogP contribution in [0.15, 0.2) is 28.9 Å². The number of H-pyrrole nitrogens is 1.